The van der Waals surface area contributed by atoms with Gasteiger partial charge in [-0.05, 0) is 39.2 Å². The second-order valence-corrected chi connectivity index (χ2v) is 6.44. The minimum atomic E-state index is 0.194. The summed E-state index contributed by atoms with van der Waals surface area (Å²) in [6.07, 6.45) is 3.39. The molecule has 3 nitrogen and oxygen atoms in total. The number of nitrogens with zero attached hydrogens (tertiary/aromatic N) is 3. The number of aryl methyl sites for hydroxylation is 1. The first-order valence-corrected chi connectivity index (χ1v) is 7.48. The zero-order valence-corrected chi connectivity index (χ0v) is 12.2. The molecule has 3 atom stereocenters. The van der Waals surface area contributed by atoms with Crippen molar-refractivity contribution in [1.29, 1.82) is 5.26 Å². The summed E-state index contributed by atoms with van der Waals surface area (Å²) in [4.78, 5) is 7.97. The molecule has 3 unspecified atom stereocenters. The number of aromatic nitrogens is 1. The first-order valence-electron chi connectivity index (χ1n) is 6.60. The van der Waals surface area contributed by atoms with Crippen molar-refractivity contribution in [2.24, 2.45) is 11.8 Å². The Labute approximate surface area is 113 Å². The van der Waals surface area contributed by atoms with Crippen LogP contribution in [0.25, 0.3) is 0 Å². The number of thiazole rings is 1. The molecule has 0 aliphatic heterocycles. The summed E-state index contributed by atoms with van der Waals surface area (Å²) in [5, 5.41) is 9.29. The van der Waals surface area contributed by atoms with Crippen molar-refractivity contribution in [2.75, 3.05) is 7.05 Å². The highest BCUT2D eigenvalue weighted by Crippen LogP contribution is 2.32. The highest BCUT2D eigenvalue weighted by Gasteiger charge is 2.31. The van der Waals surface area contributed by atoms with E-state index in [-0.39, 0.29) is 5.92 Å². The molecule has 0 spiro atoms. The van der Waals surface area contributed by atoms with Crippen molar-refractivity contribution in [3.05, 3.63) is 16.1 Å². The smallest absolute Gasteiger partial charge is 0.0798 e. The van der Waals surface area contributed by atoms with E-state index < -0.39 is 0 Å². The average Bonchev–Trinajstić information content (AvgIpc) is 2.75. The molecular formula is C14H21N3S. The zero-order chi connectivity index (χ0) is 13.1. The molecule has 18 heavy (non-hydrogen) atoms. The van der Waals surface area contributed by atoms with Gasteiger partial charge in [0, 0.05) is 17.5 Å². The molecule has 1 saturated carbocycles. The van der Waals surface area contributed by atoms with Crippen molar-refractivity contribution in [3.8, 4) is 6.07 Å². The van der Waals surface area contributed by atoms with Gasteiger partial charge in [0.1, 0.15) is 0 Å². The maximum atomic E-state index is 9.29. The normalized spacial score (nSPS) is 28.3. The summed E-state index contributed by atoms with van der Waals surface area (Å²) >= 11 is 1.72. The van der Waals surface area contributed by atoms with Gasteiger partial charge in [0.05, 0.1) is 23.2 Å². The third-order valence-corrected chi connectivity index (χ3v) is 4.97. The highest BCUT2D eigenvalue weighted by atomic mass is 32.1. The standard InChI is InChI=1S/C14H21N3S/c1-10-4-5-12(7-15)13(6-10)17(3)8-14-11(2)16-9-18-14/h9-10,12-13H,4-6,8H2,1-3H3. The molecule has 0 aromatic carbocycles. The Balaban J connectivity index is 2.04. The minimum absolute atomic E-state index is 0.194. The van der Waals surface area contributed by atoms with Crippen molar-refractivity contribution in [2.45, 2.75) is 45.7 Å². The Kier molecular flexibility index (Phi) is 4.36. The van der Waals surface area contributed by atoms with Crippen LogP contribution < -0.4 is 0 Å². The number of rotatable bonds is 3. The van der Waals surface area contributed by atoms with Gasteiger partial charge in [0.2, 0.25) is 0 Å². The number of hydrogen-bond donors (Lipinski definition) is 0. The van der Waals surface area contributed by atoms with Crippen LogP contribution in [0.3, 0.4) is 0 Å². The quantitative estimate of drug-likeness (QED) is 0.840. The van der Waals surface area contributed by atoms with Crippen molar-refractivity contribution in [1.82, 2.24) is 9.88 Å². The lowest BCUT2D eigenvalue weighted by Gasteiger charge is -2.37. The van der Waals surface area contributed by atoms with Crippen LogP contribution in [-0.2, 0) is 6.54 Å². The summed E-state index contributed by atoms with van der Waals surface area (Å²) in [6, 6.07) is 2.90. The fourth-order valence-corrected chi connectivity index (χ4v) is 3.65. The van der Waals surface area contributed by atoms with E-state index in [1.807, 2.05) is 5.51 Å². The second-order valence-electron chi connectivity index (χ2n) is 5.50. The highest BCUT2D eigenvalue weighted by molar-refractivity contribution is 7.09. The fraction of sp³-hybridized carbons (Fsp3) is 0.714. The van der Waals surface area contributed by atoms with Crippen LogP contribution in [0.4, 0.5) is 0 Å². The summed E-state index contributed by atoms with van der Waals surface area (Å²) in [6.45, 7) is 5.28. The maximum Gasteiger partial charge on any atom is 0.0798 e. The lowest BCUT2D eigenvalue weighted by Crippen LogP contribution is -2.41. The van der Waals surface area contributed by atoms with Crippen LogP contribution >= 0.6 is 11.3 Å². The van der Waals surface area contributed by atoms with Crippen LogP contribution in [0.1, 0.15) is 36.8 Å². The van der Waals surface area contributed by atoms with E-state index in [4.69, 9.17) is 0 Å². The van der Waals surface area contributed by atoms with E-state index in [0.29, 0.717) is 6.04 Å². The maximum absolute atomic E-state index is 9.29. The molecule has 1 fully saturated rings. The van der Waals surface area contributed by atoms with Crippen LogP contribution in [-0.4, -0.2) is 23.0 Å². The van der Waals surface area contributed by atoms with Gasteiger partial charge in [-0.3, -0.25) is 4.90 Å². The lowest BCUT2D eigenvalue weighted by molar-refractivity contribution is 0.125. The van der Waals surface area contributed by atoms with E-state index in [9.17, 15) is 5.26 Å². The molecule has 98 valence electrons. The molecule has 2 rings (SSSR count). The largest absolute Gasteiger partial charge is 0.297 e. The molecule has 0 amide bonds. The molecule has 0 N–H and O–H groups in total. The van der Waals surface area contributed by atoms with Gasteiger partial charge < -0.3 is 0 Å². The van der Waals surface area contributed by atoms with E-state index >= 15 is 0 Å². The molecule has 0 saturated heterocycles. The topological polar surface area (TPSA) is 39.9 Å². The second kappa shape index (κ2) is 5.81. The average molecular weight is 263 g/mol. The predicted octanol–water partition coefficient (Wildman–Crippen LogP) is 3.21. The molecule has 1 aromatic rings. The Bertz CT molecular complexity index is 434. The third kappa shape index (κ3) is 2.90. The predicted molar refractivity (Wildman–Crippen MR) is 74.2 cm³/mol. The van der Waals surface area contributed by atoms with Gasteiger partial charge in [-0.15, -0.1) is 11.3 Å². The first-order chi connectivity index (χ1) is 8.61. The van der Waals surface area contributed by atoms with Gasteiger partial charge in [-0.1, -0.05) is 6.92 Å². The van der Waals surface area contributed by atoms with E-state index in [1.165, 1.54) is 11.3 Å². The SMILES string of the molecule is Cc1ncsc1CN(C)C1CC(C)CCC1C#N. The molecule has 1 aliphatic rings. The van der Waals surface area contributed by atoms with Crippen LogP contribution in [0.2, 0.25) is 0 Å². The zero-order valence-electron chi connectivity index (χ0n) is 11.4. The molecule has 1 aliphatic carbocycles. The Morgan fingerprint density at radius 1 is 1.56 bits per heavy atom. The monoisotopic (exact) mass is 263 g/mol. The van der Waals surface area contributed by atoms with Crippen molar-refractivity contribution in [3.63, 3.8) is 0 Å². The molecule has 4 heteroatoms. The van der Waals surface area contributed by atoms with Crippen LogP contribution in [0, 0.1) is 30.1 Å². The summed E-state index contributed by atoms with van der Waals surface area (Å²) in [5.41, 5.74) is 3.04. The Hall–Kier alpha value is -0.920. The molecule has 1 aromatic heterocycles. The first kappa shape index (κ1) is 13.5. The van der Waals surface area contributed by atoms with Crippen molar-refractivity contribution < 1.29 is 0 Å². The molecule has 1 heterocycles. The summed E-state index contributed by atoms with van der Waals surface area (Å²) < 4.78 is 0. The minimum Gasteiger partial charge on any atom is -0.297 e. The van der Waals surface area contributed by atoms with Gasteiger partial charge >= 0.3 is 0 Å². The van der Waals surface area contributed by atoms with Crippen LogP contribution in [0.5, 0.6) is 0 Å². The Morgan fingerprint density at radius 2 is 2.33 bits per heavy atom. The van der Waals surface area contributed by atoms with Gasteiger partial charge in [0.25, 0.3) is 0 Å². The molecule has 0 bridgehead atoms. The molecular weight excluding hydrogens is 242 g/mol. The van der Waals surface area contributed by atoms with E-state index in [1.54, 1.807) is 11.3 Å². The van der Waals surface area contributed by atoms with Gasteiger partial charge in [0.15, 0.2) is 0 Å². The number of hydrogen-bond acceptors (Lipinski definition) is 4. The third-order valence-electron chi connectivity index (χ3n) is 4.05. The van der Waals surface area contributed by atoms with E-state index in [2.05, 4.69) is 36.8 Å². The van der Waals surface area contributed by atoms with Crippen molar-refractivity contribution >= 4 is 11.3 Å². The fourth-order valence-electron chi connectivity index (χ4n) is 2.81. The summed E-state index contributed by atoms with van der Waals surface area (Å²) in [7, 11) is 2.15. The lowest BCUT2D eigenvalue weighted by atomic mass is 9.79. The number of nitriles is 1. The van der Waals surface area contributed by atoms with Crippen LogP contribution in [0.15, 0.2) is 5.51 Å². The molecule has 0 radical (unpaired) electrons. The van der Waals surface area contributed by atoms with E-state index in [0.717, 1.165) is 31.0 Å². The Morgan fingerprint density at radius 3 is 2.94 bits per heavy atom. The summed E-state index contributed by atoms with van der Waals surface area (Å²) in [5.74, 6) is 0.934. The van der Waals surface area contributed by atoms with Gasteiger partial charge in [-0.25, -0.2) is 4.98 Å². The van der Waals surface area contributed by atoms with Gasteiger partial charge in [-0.2, -0.15) is 5.26 Å².